The van der Waals surface area contributed by atoms with Crippen LogP contribution in [0.3, 0.4) is 0 Å². The zero-order valence-corrected chi connectivity index (χ0v) is 11.0. The van der Waals surface area contributed by atoms with Gasteiger partial charge in [0.25, 0.3) is 0 Å². The Morgan fingerprint density at radius 3 is 2.40 bits per heavy atom. The predicted octanol–water partition coefficient (Wildman–Crippen LogP) is 3.22. The summed E-state index contributed by atoms with van der Waals surface area (Å²) in [6.45, 7) is 8.44. The molecule has 0 aromatic carbocycles. The van der Waals surface area contributed by atoms with Gasteiger partial charge in [-0.25, -0.2) is 0 Å². The Morgan fingerprint density at radius 1 is 1.33 bits per heavy atom. The first-order valence-corrected chi connectivity index (χ1v) is 6.40. The molecule has 1 aliphatic rings. The minimum atomic E-state index is 0.249. The molecule has 1 saturated carbocycles. The van der Waals surface area contributed by atoms with Gasteiger partial charge in [0, 0.05) is 13.0 Å². The van der Waals surface area contributed by atoms with Crippen molar-refractivity contribution < 1.29 is 4.79 Å². The van der Waals surface area contributed by atoms with Gasteiger partial charge in [0.1, 0.15) is 0 Å². The zero-order chi connectivity index (χ0) is 11.8. The predicted molar refractivity (Wildman–Crippen MR) is 65.7 cm³/mol. The summed E-state index contributed by atoms with van der Waals surface area (Å²) in [4.78, 5) is 11.6. The maximum Gasteiger partial charge on any atom is 0.223 e. The molecule has 0 aromatic rings. The number of hydrogen-bond acceptors (Lipinski definition) is 1. The van der Waals surface area contributed by atoms with Gasteiger partial charge in [0.2, 0.25) is 5.91 Å². The third kappa shape index (κ3) is 4.23. The van der Waals surface area contributed by atoms with E-state index in [0.29, 0.717) is 5.92 Å². The lowest BCUT2D eigenvalue weighted by molar-refractivity contribution is -0.128. The van der Waals surface area contributed by atoms with Gasteiger partial charge in [-0.2, -0.15) is 0 Å². The number of carbonyl (C=O) groups is 1. The van der Waals surface area contributed by atoms with Crippen molar-refractivity contribution in [2.45, 2.75) is 53.4 Å². The fourth-order valence-corrected chi connectivity index (χ4v) is 2.44. The van der Waals surface area contributed by atoms with Gasteiger partial charge in [-0.1, -0.05) is 40.5 Å². The fraction of sp³-hybridized carbons (Fsp3) is 0.923. The van der Waals surface area contributed by atoms with Crippen molar-refractivity contribution in [3.05, 3.63) is 0 Å². The molecular formula is C13H27NO. The fourth-order valence-electron chi connectivity index (χ4n) is 2.44. The van der Waals surface area contributed by atoms with E-state index in [-0.39, 0.29) is 11.8 Å². The number of rotatable bonds is 2. The van der Waals surface area contributed by atoms with Crippen LogP contribution in [-0.2, 0) is 4.79 Å². The van der Waals surface area contributed by atoms with Crippen molar-refractivity contribution >= 4 is 5.91 Å². The summed E-state index contributed by atoms with van der Waals surface area (Å²) in [5.41, 5.74) is 0. The highest BCUT2D eigenvalue weighted by atomic mass is 16.1. The molecule has 2 nitrogen and oxygen atoms in total. The molecule has 0 bridgehead atoms. The smallest absolute Gasteiger partial charge is 0.223 e. The van der Waals surface area contributed by atoms with Gasteiger partial charge in [-0.15, -0.1) is 0 Å². The number of hydrogen-bond donors (Lipinski definition) is 1. The van der Waals surface area contributed by atoms with E-state index in [1.54, 1.807) is 7.05 Å². The SMILES string of the molecule is CC.CC[C@@H]1CC[C@@H](C)C[C@H]1C(=O)NC. The molecule has 2 heteroatoms. The molecular weight excluding hydrogens is 186 g/mol. The van der Waals surface area contributed by atoms with E-state index in [9.17, 15) is 4.79 Å². The van der Waals surface area contributed by atoms with Gasteiger partial charge in [-0.3, -0.25) is 4.79 Å². The molecule has 0 aromatic heterocycles. The van der Waals surface area contributed by atoms with Crippen LogP contribution >= 0.6 is 0 Å². The van der Waals surface area contributed by atoms with Crippen LogP contribution in [0.5, 0.6) is 0 Å². The molecule has 0 unspecified atom stereocenters. The molecule has 0 heterocycles. The molecule has 0 aliphatic heterocycles. The second-order valence-corrected chi connectivity index (χ2v) is 4.31. The lowest BCUT2D eigenvalue weighted by Gasteiger charge is -2.33. The molecule has 1 aliphatic carbocycles. The Morgan fingerprint density at radius 2 is 1.93 bits per heavy atom. The van der Waals surface area contributed by atoms with Crippen LogP contribution in [-0.4, -0.2) is 13.0 Å². The summed E-state index contributed by atoms with van der Waals surface area (Å²) >= 11 is 0. The topological polar surface area (TPSA) is 29.1 Å². The molecule has 15 heavy (non-hydrogen) atoms. The summed E-state index contributed by atoms with van der Waals surface area (Å²) in [5, 5.41) is 2.78. The van der Waals surface area contributed by atoms with Crippen LogP contribution in [0.15, 0.2) is 0 Å². The van der Waals surface area contributed by atoms with Crippen LogP contribution in [0.2, 0.25) is 0 Å². The van der Waals surface area contributed by atoms with Crippen LogP contribution in [0.4, 0.5) is 0 Å². The number of carbonyl (C=O) groups excluding carboxylic acids is 1. The molecule has 1 fully saturated rings. The third-order valence-corrected chi connectivity index (χ3v) is 3.36. The summed E-state index contributed by atoms with van der Waals surface area (Å²) in [7, 11) is 1.74. The summed E-state index contributed by atoms with van der Waals surface area (Å²) < 4.78 is 0. The van der Waals surface area contributed by atoms with E-state index >= 15 is 0 Å². The lowest BCUT2D eigenvalue weighted by Crippen LogP contribution is -2.36. The summed E-state index contributed by atoms with van der Waals surface area (Å²) in [6, 6.07) is 0. The van der Waals surface area contributed by atoms with Crippen molar-refractivity contribution in [2.24, 2.45) is 17.8 Å². The van der Waals surface area contributed by atoms with Crippen LogP contribution in [0, 0.1) is 17.8 Å². The van der Waals surface area contributed by atoms with Gasteiger partial charge in [0.05, 0.1) is 0 Å². The molecule has 1 N–H and O–H groups in total. The summed E-state index contributed by atoms with van der Waals surface area (Å²) in [5.74, 6) is 1.87. The standard InChI is InChI=1S/C11H21NO.C2H6/c1-4-9-6-5-8(2)7-10(9)11(13)12-3;1-2/h8-10H,4-7H2,1-3H3,(H,12,13);1-2H3/t8-,9-,10-;/m1./s1. The zero-order valence-electron chi connectivity index (χ0n) is 11.0. The van der Waals surface area contributed by atoms with Gasteiger partial charge in [0.15, 0.2) is 0 Å². The van der Waals surface area contributed by atoms with Gasteiger partial charge in [-0.05, 0) is 24.7 Å². The molecule has 0 radical (unpaired) electrons. The summed E-state index contributed by atoms with van der Waals surface area (Å²) in [6.07, 6.45) is 4.75. The first kappa shape index (κ1) is 14.5. The largest absolute Gasteiger partial charge is 0.359 e. The molecule has 0 saturated heterocycles. The third-order valence-electron chi connectivity index (χ3n) is 3.36. The molecule has 1 amide bonds. The second-order valence-electron chi connectivity index (χ2n) is 4.31. The Bertz CT molecular complexity index is 179. The normalized spacial score (nSPS) is 30.1. The highest BCUT2D eigenvalue weighted by molar-refractivity contribution is 5.78. The molecule has 90 valence electrons. The van der Waals surface area contributed by atoms with Gasteiger partial charge < -0.3 is 5.32 Å². The Balaban J connectivity index is 0.000000921. The highest BCUT2D eigenvalue weighted by Crippen LogP contribution is 2.35. The minimum absolute atomic E-state index is 0.249. The highest BCUT2D eigenvalue weighted by Gasteiger charge is 2.31. The van der Waals surface area contributed by atoms with E-state index in [2.05, 4.69) is 19.2 Å². The molecule has 0 spiro atoms. The van der Waals surface area contributed by atoms with Crippen molar-refractivity contribution in [3.63, 3.8) is 0 Å². The van der Waals surface area contributed by atoms with Crippen molar-refractivity contribution in [2.75, 3.05) is 7.05 Å². The molecule has 1 rings (SSSR count). The van der Waals surface area contributed by atoms with Crippen molar-refractivity contribution in [1.82, 2.24) is 5.32 Å². The Labute approximate surface area is 94.8 Å². The number of amides is 1. The monoisotopic (exact) mass is 213 g/mol. The quantitative estimate of drug-likeness (QED) is 0.749. The average Bonchev–Trinajstić information content (AvgIpc) is 2.30. The van der Waals surface area contributed by atoms with E-state index in [1.165, 1.54) is 12.8 Å². The average molecular weight is 213 g/mol. The second kappa shape index (κ2) is 7.72. The molecule has 3 atom stereocenters. The number of nitrogens with one attached hydrogen (secondary N) is 1. The van der Waals surface area contributed by atoms with E-state index < -0.39 is 0 Å². The van der Waals surface area contributed by atoms with E-state index in [0.717, 1.165) is 18.8 Å². The maximum absolute atomic E-state index is 11.6. The van der Waals surface area contributed by atoms with Crippen molar-refractivity contribution in [3.8, 4) is 0 Å². The van der Waals surface area contributed by atoms with Gasteiger partial charge >= 0.3 is 0 Å². The van der Waals surface area contributed by atoms with Crippen LogP contribution in [0.25, 0.3) is 0 Å². The minimum Gasteiger partial charge on any atom is -0.359 e. The van der Waals surface area contributed by atoms with Crippen LogP contribution in [0.1, 0.15) is 53.4 Å². The van der Waals surface area contributed by atoms with E-state index in [1.807, 2.05) is 13.8 Å². The Hall–Kier alpha value is -0.530. The van der Waals surface area contributed by atoms with Crippen LogP contribution < -0.4 is 5.32 Å². The van der Waals surface area contributed by atoms with E-state index in [4.69, 9.17) is 0 Å². The lowest BCUT2D eigenvalue weighted by atomic mass is 9.73. The first-order chi connectivity index (χ1) is 7.19. The first-order valence-electron chi connectivity index (χ1n) is 6.40. The van der Waals surface area contributed by atoms with Crippen molar-refractivity contribution in [1.29, 1.82) is 0 Å². The Kier molecular flexibility index (Phi) is 7.45. The maximum atomic E-state index is 11.6.